The molecule has 0 saturated carbocycles. The molecule has 3 aromatic rings. The Morgan fingerprint density at radius 3 is 2.96 bits per heavy atom. The van der Waals surface area contributed by atoms with Gasteiger partial charge < -0.3 is 15.0 Å². The Morgan fingerprint density at radius 2 is 2.07 bits per heavy atom. The van der Waals surface area contributed by atoms with Gasteiger partial charge in [-0.15, -0.1) is 0 Å². The summed E-state index contributed by atoms with van der Waals surface area (Å²) in [4.78, 5) is 23.4. The molecular formula is C22H22N4O2. The van der Waals surface area contributed by atoms with Crippen molar-refractivity contribution in [1.29, 1.82) is 0 Å². The standard InChI is InChI=1S/C22H22N4O2/c1-28-18-7-4-5-16(15-18)9-12-23-22-24-13-10-19(25-22)21(27)26-14-11-17-6-2-3-8-20(17)26/h2-8,10,13,15H,9,11-12,14H2,1H3,(H,23,24,25). The molecule has 0 bridgehead atoms. The van der Waals surface area contributed by atoms with Crippen LogP contribution >= 0.6 is 0 Å². The number of nitrogens with one attached hydrogen (secondary N) is 1. The van der Waals surface area contributed by atoms with Crippen LogP contribution in [0.5, 0.6) is 5.75 Å². The van der Waals surface area contributed by atoms with E-state index in [1.807, 2.05) is 36.4 Å². The molecule has 0 atom stereocenters. The smallest absolute Gasteiger partial charge is 0.277 e. The van der Waals surface area contributed by atoms with E-state index in [0.29, 0.717) is 24.7 Å². The van der Waals surface area contributed by atoms with Gasteiger partial charge in [-0.3, -0.25) is 4.79 Å². The quantitative estimate of drug-likeness (QED) is 0.717. The summed E-state index contributed by atoms with van der Waals surface area (Å²) in [5, 5.41) is 3.20. The number of fused-ring (bicyclic) bond motifs is 1. The van der Waals surface area contributed by atoms with Gasteiger partial charge in [-0.1, -0.05) is 30.3 Å². The summed E-state index contributed by atoms with van der Waals surface area (Å²) in [6.45, 7) is 1.35. The van der Waals surface area contributed by atoms with Crippen LogP contribution in [0.1, 0.15) is 21.6 Å². The molecule has 1 aliphatic heterocycles. The molecule has 0 fully saturated rings. The SMILES string of the molecule is COc1cccc(CCNc2nccc(C(=O)N3CCc4ccccc43)n2)c1. The van der Waals surface area contributed by atoms with Gasteiger partial charge in [0.2, 0.25) is 5.95 Å². The van der Waals surface area contributed by atoms with Crippen LogP contribution in [0.4, 0.5) is 11.6 Å². The van der Waals surface area contributed by atoms with E-state index < -0.39 is 0 Å². The minimum absolute atomic E-state index is 0.0943. The summed E-state index contributed by atoms with van der Waals surface area (Å²) in [6.07, 6.45) is 3.30. The number of aromatic nitrogens is 2. The van der Waals surface area contributed by atoms with E-state index >= 15 is 0 Å². The second-order valence-electron chi connectivity index (χ2n) is 6.63. The maximum absolute atomic E-state index is 12.9. The van der Waals surface area contributed by atoms with Crippen LogP contribution in [0.15, 0.2) is 60.8 Å². The van der Waals surface area contributed by atoms with Crippen LogP contribution < -0.4 is 15.0 Å². The lowest BCUT2D eigenvalue weighted by molar-refractivity contribution is 0.0984. The predicted molar refractivity (Wildman–Crippen MR) is 109 cm³/mol. The van der Waals surface area contributed by atoms with Gasteiger partial charge in [-0.25, -0.2) is 9.97 Å². The van der Waals surface area contributed by atoms with Crippen LogP contribution in [0.25, 0.3) is 0 Å². The van der Waals surface area contributed by atoms with Gasteiger partial charge in [-0.2, -0.15) is 0 Å². The van der Waals surface area contributed by atoms with Crippen molar-refractivity contribution in [1.82, 2.24) is 9.97 Å². The molecule has 0 unspecified atom stereocenters. The average Bonchev–Trinajstić information content (AvgIpc) is 3.18. The normalized spacial score (nSPS) is 12.5. The fraction of sp³-hybridized carbons (Fsp3) is 0.227. The second kappa shape index (κ2) is 8.08. The summed E-state index contributed by atoms with van der Waals surface area (Å²) in [6, 6.07) is 17.6. The van der Waals surface area contributed by atoms with Crippen molar-refractivity contribution in [2.24, 2.45) is 0 Å². The number of nitrogens with zero attached hydrogens (tertiary/aromatic N) is 3. The van der Waals surface area contributed by atoms with E-state index in [9.17, 15) is 4.79 Å². The highest BCUT2D eigenvalue weighted by molar-refractivity contribution is 6.06. The molecule has 142 valence electrons. The summed E-state index contributed by atoms with van der Waals surface area (Å²) >= 11 is 0. The molecular weight excluding hydrogens is 352 g/mol. The number of benzene rings is 2. The summed E-state index contributed by atoms with van der Waals surface area (Å²) in [5.74, 6) is 1.21. The fourth-order valence-electron chi connectivity index (χ4n) is 3.40. The van der Waals surface area contributed by atoms with Crippen LogP contribution in [0.2, 0.25) is 0 Å². The molecule has 28 heavy (non-hydrogen) atoms. The van der Waals surface area contributed by atoms with Crippen molar-refractivity contribution >= 4 is 17.5 Å². The Kier molecular flexibility index (Phi) is 5.19. The minimum Gasteiger partial charge on any atom is -0.497 e. The molecule has 4 rings (SSSR count). The zero-order chi connectivity index (χ0) is 19.3. The predicted octanol–water partition coefficient (Wildman–Crippen LogP) is 3.34. The molecule has 6 nitrogen and oxygen atoms in total. The molecule has 2 heterocycles. The van der Waals surface area contributed by atoms with Crippen molar-refractivity contribution in [3.8, 4) is 5.75 Å². The molecule has 0 saturated heterocycles. The summed E-state index contributed by atoms with van der Waals surface area (Å²) in [5.41, 5.74) is 3.73. The number of para-hydroxylation sites is 1. The molecule has 0 aliphatic carbocycles. The van der Waals surface area contributed by atoms with E-state index in [0.717, 1.165) is 29.8 Å². The Hall–Kier alpha value is -3.41. The third-order valence-corrected chi connectivity index (χ3v) is 4.84. The third-order valence-electron chi connectivity index (χ3n) is 4.84. The van der Waals surface area contributed by atoms with Crippen molar-refractivity contribution in [2.45, 2.75) is 12.8 Å². The molecule has 6 heteroatoms. The summed E-state index contributed by atoms with van der Waals surface area (Å²) in [7, 11) is 1.66. The first-order valence-corrected chi connectivity index (χ1v) is 9.34. The number of methoxy groups -OCH3 is 1. The Bertz CT molecular complexity index is 990. The number of ether oxygens (including phenoxy) is 1. The maximum Gasteiger partial charge on any atom is 0.277 e. The zero-order valence-electron chi connectivity index (χ0n) is 15.8. The van der Waals surface area contributed by atoms with Crippen molar-refractivity contribution < 1.29 is 9.53 Å². The third kappa shape index (κ3) is 3.81. The molecule has 1 N–H and O–H groups in total. The highest BCUT2D eigenvalue weighted by atomic mass is 16.5. The first-order valence-electron chi connectivity index (χ1n) is 9.34. The number of hydrogen-bond acceptors (Lipinski definition) is 5. The lowest BCUT2D eigenvalue weighted by atomic mass is 10.1. The van der Waals surface area contributed by atoms with Gasteiger partial charge in [0, 0.05) is 25.0 Å². The number of amides is 1. The van der Waals surface area contributed by atoms with E-state index in [-0.39, 0.29) is 5.91 Å². The summed E-state index contributed by atoms with van der Waals surface area (Å²) < 4.78 is 5.25. The molecule has 0 spiro atoms. The van der Waals surface area contributed by atoms with Crippen molar-refractivity contribution in [3.05, 3.63) is 77.6 Å². The van der Waals surface area contributed by atoms with E-state index in [4.69, 9.17) is 4.74 Å². The highest BCUT2D eigenvalue weighted by Gasteiger charge is 2.26. The topological polar surface area (TPSA) is 67.3 Å². The number of anilines is 2. The highest BCUT2D eigenvalue weighted by Crippen LogP contribution is 2.28. The molecule has 2 aromatic carbocycles. The van der Waals surface area contributed by atoms with Gasteiger partial charge >= 0.3 is 0 Å². The minimum atomic E-state index is -0.0943. The van der Waals surface area contributed by atoms with E-state index in [1.54, 1.807) is 24.3 Å². The van der Waals surface area contributed by atoms with Gasteiger partial charge in [0.05, 0.1) is 7.11 Å². The second-order valence-corrected chi connectivity index (χ2v) is 6.63. The van der Waals surface area contributed by atoms with Crippen molar-refractivity contribution in [3.63, 3.8) is 0 Å². The van der Waals surface area contributed by atoms with Gasteiger partial charge in [-0.05, 0) is 48.2 Å². The van der Waals surface area contributed by atoms with Gasteiger partial charge in [0.1, 0.15) is 11.4 Å². The molecule has 0 radical (unpaired) electrons. The number of carbonyl (C=O) groups excluding carboxylic acids is 1. The monoisotopic (exact) mass is 374 g/mol. The van der Waals surface area contributed by atoms with Crippen LogP contribution in [0.3, 0.4) is 0 Å². The Balaban J connectivity index is 1.41. The lowest BCUT2D eigenvalue weighted by Gasteiger charge is -2.17. The van der Waals surface area contributed by atoms with E-state index in [1.165, 1.54) is 5.56 Å². The van der Waals surface area contributed by atoms with Gasteiger partial charge in [0.25, 0.3) is 5.91 Å². The molecule has 1 aliphatic rings. The van der Waals surface area contributed by atoms with Crippen molar-refractivity contribution in [2.75, 3.05) is 30.4 Å². The largest absolute Gasteiger partial charge is 0.497 e. The fourth-order valence-corrected chi connectivity index (χ4v) is 3.40. The lowest BCUT2D eigenvalue weighted by Crippen LogP contribution is -2.29. The zero-order valence-corrected chi connectivity index (χ0v) is 15.8. The van der Waals surface area contributed by atoms with E-state index in [2.05, 4.69) is 27.4 Å². The molecule has 1 aromatic heterocycles. The molecule has 1 amide bonds. The number of carbonyl (C=O) groups is 1. The van der Waals surface area contributed by atoms with Crippen LogP contribution in [-0.4, -0.2) is 36.1 Å². The van der Waals surface area contributed by atoms with Gasteiger partial charge in [0.15, 0.2) is 0 Å². The Morgan fingerprint density at radius 1 is 1.18 bits per heavy atom. The Labute approximate surface area is 164 Å². The number of rotatable bonds is 6. The first-order chi connectivity index (χ1) is 13.7. The number of hydrogen-bond donors (Lipinski definition) is 1. The van der Waals surface area contributed by atoms with Crippen LogP contribution in [0, 0.1) is 0 Å². The first kappa shape index (κ1) is 18.0. The maximum atomic E-state index is 12.9. The van der Waals surface area contributed by atoms with Crippen LogP contribution in [-0.2, 0) is 12.8 Å². The average molecular weight is 374 g/mol.